The van der Waals surface area contributed by atoms with E-state index >= 15 is 0 Å². The van der Waals surface area contributed by atoms with E-state index in [0.29, 0.717) is 5.01 Å². The molecule has 2 aromatic rings. The van der Waals surface area contributed by atoms with Crippen molar-refractivity contribution >= 4 is 17.2 Å². The fourth-order valence-corrected chi connectivity index (χ4v) is 4.36. The molecule has 6 heteroatoms. The molecule has 1 aromatic heterocycles. The highest BCUT2D eigenvalue weighted by atomic mass is 32.1. The highest BCUT2D eigenvalue weighted by Crippen LogP contribution is 2.28. The van der Waals surface area contributed by atoms with Crippen molar-refractivity contribution in [3.63, 3.8) is 0 Å². The number of rotatable bonds is 3. The Labute approximate surface area is 138 Å². The van der Waals surface area contributed by atoms with Gasteiger partial charge in [-0.3, -0.25) is 4.79 Å². The zero-order chi connectivity index (χ0) is 15.8. The van der Waals surface area contributed by atoms with Gasteiger partial charge in [0, 0.05) is 25.3 Å². The second kappa shape index (κ2) is 6.02. The molecule has 4 rings (SSSR count). The number of hydrogen-bond donors (Lipinski definition) is 1. The Morgan fingerprint density at radius 3 is 2.91 bits per heavy atom. The molecule has 2 bridgehead atoms. The number of thiazole rings is 1. The highest BCUT2D eigenvalue weighted by molar-refractivity contribution is 7.16. The first-order valence-corrected chi connectivity index (χ1v) is 8.74. The number of nitrogens with one attached hydrogen (secondary N) is 1. The lowest BCUT2D eigenvalue weighted by Gasteiger charge is -2.30. The van der Waals surface area contributed by atoms with Gasteiger partial charge < -0.3 is 10.2 Å². The summed E-state index contributed by atoms with van der Waals surface area (Å²) in [5, 5.41) is 3.59. The van der Waals surface area contributed by atoms with Gasteiger partial charge in [-0.05, 0) is 43.0 Å². The van der Waals surface area contributed by atoms with Crippen molar-refractivity contribution in [1.29, 1.82) is 0 Å². The van der Waals surface area contributed by atoms with Crippen molar-refractivity contribution in [2.75, 3.05) is 19.6 Å². The molecule has 1 amide bonds. The minimum Gasteiger partial charge on any atom is -0.346 e. The van der Waals surface area contributed by atoms with E-state index in [1.165, 1.54) is 36.4 Å². The lowest BCUT2D eigenvalue weighted by Crippen LogP contribution is -2.46. The lowest BCUT2D eigenvalue weighted by atomic mass is 9.97. The Bertz CT molecular complexity index is 703. The molecule has 2 saturated heterocycles. The third kappa shape index (κ3) is 3.14. The van der Waals surface area contributed by atoms with Crippen LogP contribution in [0.2, 0.25) is 0 Å². The predicted octanol–water partition coefficient (Wildman–Crippen LogP) is 2.77. The largest absolute Gasteiger partial charge is 0.346 e. The van der Waals surface area contributed by atoms with Crippen molar-refractivity contribution in [2.45, 2.75) is 18.9 Å². The van der Waals surface area contributed by atoms with Crippen LogP contribution in [0.5, 0.6) is 0 Å². The molecular weight excluding hydrogens is 313 g/mol. The summed E-state index contributed by atoms with van der Waals surface area (Å²) in [5.74, 6) is 0.356. The number of aromatic nitrogens is 1. The zero-order valence-electron chi connectivity index (χ0n) is 12.7. The zero-order valence-corrected chi connectivity index (χ0v) is 13.5. The number of hydrogen-bond acceptors (Lipinski definition) is 4. The van der Waals surface area contributed by atoms with E-state index in [-0.39, 0.29) is 17.8 Å². The van der Waals surface area contributed by atoms with Gasteiger partial charge in [-0.25, -0.2) is 9.37 Å². The molecule has 1 N–H and O–H groups in total. The van der Waals surface area contributed by atoms with E-state index in [0.717, 1.165) is 35.9 Å². The van der Waals surface area contributed by atoms with Crippen molar-refractivity contribution in [3.05, 3.63) is 41.3 Å². The van der Waals surface area contributed by atoms with Crippen LogP contribution in [0.25, 0.3) is 10.4 Å². The van der Waals surface area contributed by atoms with Crippen LogP contribution in [0.15, 0.2) is 30.5 Å². The van der Waals surface area contributed by atoms with Crippen molar-refractivity contribution in [3.8, 4) is 10.4 Å². The highest BCUT2D eigenvalue weighted by Gasteiger charge is 2.33. The average Bonchev–Trinajstić information content (AvgIpc) is 3.15. The summed E-state index contributed by atoms with van der Waals surface area (Å²) >= 11 is 1.35. The summed E-state index contributed by atoms with van der Waals surface area (Å²) < 4.78 is 13.0. The van der Waals surface area contributed by atoms with Crippen LogP contribution in [0.3, 0.4) is 0 Å². The predicted molar refractivity (Wildman–Crippen MR) is 87.9 cm³/mol. The number of carbonyl (C=O) groups is 1. The van der Waals surface area contributed by atoms with Gasteiger partial charge in [0.05, 0.1) is 4.88 Å². The van der Waals surface area contributed by atoms with Gasteiger partial charge in [0.25, 0.3) is 5.91 Å². The monoisotopic (exact) mass is 331 g/mol. The maximum atomic E-state index is 13.0. The second-order valence-corrected chi connectivity index (χ2v) is 7.39. The number of fused-ring (bicyclic) bond motifs is 2. The van der Waals surface area contributed by atoms with Gasteiger partial charge in [-0.15, -0.1) is 11.3 Å². The second-order valence-electron chi connectivity index (χ2n) is 6.36. The number of halogens is 1. The summed E-state index contributed by atoms with van der Waals surface area (Å²) in [6, 6.07) is 6.47. The topological polar surface area (TPSA) is 45.2 Å². The van der Waals surface area contributed by atoms with E-state index in [1.807, 2.05) is 0 Å². The number of amides is 1. The number of carbonyl (C=O) groups excluding carboxylic acids is 1. The minimum atomic E-state index is -0.266. The first-order valence-electron chi connectivity index (χ1n) is 7.92. The maximum absolute atomic E-state index is 13.0. The number of nitrogens with zero attached hydrogens (tertiary/aromatic N) is 2. The molecule has 3 heterocycles. The molecule has 0 aliphatic carbocycles. The molecule has 2 fully saturated rings. The average molecular weight is 331 g/mol. The quantitative estimate of drug-likeness (QED) is 0.941. The third-order valence-electron chi connectivity index (χ3n) is 4.63. The van der Waals surface area contributed by atoms with Gasteiger partial charge in [0.2, 0.25) is 0 Å². The van der Waals surface area contributed by atoms with Crippen LogP contribution < -0.4 is 5.32 Å². The molecule has 1 aromatic carbocycles. The summed E-state index contributed by atoms with van der Waals surface area (Å²) in [6.07, 6.45) is 4.00. The molecule has 4 nitrogen and oxygen atoms in total. The molecule has 0 spiro atoms. The molecular formula is C17H18FN3OS. The standard InChI is InChI=1S/C17H18FN3OS/c18-13-3-1-12(2-4-13)15-8-19-17(23-15)16(22)20-14-7-11-5-6-21(9-11)10-14/h1-4,8,11,14H,5-7,9-10H2,(H,20,22)/t11-,14-/m1/s1. The van der Waals surface area contributed by atoms with E-state index < -0.39 is 0 Å². The van der Waals surface area contributed by atoms with Gasteiger partial charge in [0.1, 0.15) is 5.82 Å². The smallest absolute Gasteiger partial charge is 0.280 e. The number of piperidine rings is 1. The fourth-order valence-electron chi connectivity index (χ4n) is 3.54. The Balaban J connectivity index is 1.44. The van der Waals surface area contributed by atoms with Gasteiger partial charge in [-0.1, -0.05) is 12.1 Å². The third-order valence-corrected chi connectivity index (χ3v) is 5.68. The van der Waals surface area contributed by atoms with Crippen LogP contribution in [0, 0.1) is 11.7 Å². The summed E-state index contributed by atoms with van der Waals surface area (Å²) in [4.78, 5) is 19.9. The van der Waals surface area contributed by atoms with Gasteiger partial charge in [-0.2, -0.15) is 0 Å². The Hall–Kier alpha value is -1.79. The molecule has 1 unspecified atom stereocenters. The van der Waals surface area contributed by atoms with E-state index in [2.05, 4.69) is 15.2 Å². The molecule has 2 aliphatic rings. The van der Waals surface area contributed by atoms with E-state index in [4.69, 9.17) is 0 Å². The molecule has 120 valence electrons. The van der Waals surface area contributed by atoms with Crippen LogP contribution >= 0.6 is 11.3 Å². The first kappa shape index (κ1) is 14.8. The van der Waals surface area contributed by atoms with Crippen molar-refractivity contribution < 1.29 is 9.18 Å². The maximum Gasteiger partial charge on any atom is 0.280 e. The van der Waals surface area contributed by atoms with Gasteiger partial charge in [0.15, 0.2) is 5.01 Å². The lowest BCUT2D eigenvalue weighted by molar-refractivity contribution is 0.0909. The van der Waals surface area contributed by atoms with Crippen LogP contribution in [0.1, 0.15) is 22.6 Å². The normalized spacial score (nSPS) is 26.2. The van der Waals surface area contributed by atoms with E-state index in [9.17, 15) is 9.18 Å². The summed E-state index contributed by atoms with van der Waals surface area (Å²) in [5.41, 5.74) is 0.879. The summed E-state index contributed by atoms with van der Waals surface area (Å²) in [6.45, 7) is 3.28. The minimum absolute atomic E-state index is 0.101. The van der Waals surface area contributed by atoms with E-state index in [1.54, 1.807) is 18.3 Å². The Kier molecular flexibility index (Phi) is 3.87. The van der Waals surface area contributed by atoms with Crippen molar-refractivity contribution in [2.24, 2.45) is 5.92 Å². The van der Waals surface area contributed by atoms with Crippen molar-refractivity contribution in [1.82, 2.24) is 15.2 Å². The fraction of sp³-hybridized carbons (Fsp3) is 0.412. The van der Waals surface area contributed by atoms with Gasteiger partial charge >= 0.3 is 0 Å². The molecule has 3 atom stereocenters. The molecule has 2 aliphatic heterocycles. The van der Waals surface area contributed by atoms with Crippen LogP contribution in [-0.2, 0) is 0 Å². The molecule has 0 saturated carbocycles. The van der Waals surface area contributed by atoms with Crippen LogP contribution in [0.4, 0.5) is 4.39 Å². The number of benzene rings is 1. The Morgan fingerprint density at radius 2 is 2.13 bits per heavy atom. The molecule has 23 heavy (non-hydrogen) atoms. The first-order chi connectivity index (χ1) is 11.2. The molecule has 0 radical (unpaired) electrons. The van der Waals surface area contributed by atoms with Crippen LogP contribution in [-0.4, -0.2) is 41.5 Å². The summed E-state index contributed by atoms with van der Waals surface area (Å²) in [7, 11) is 0. The Morgan fingerprint density at radius 1 is 1.30 bits per heavy atom. The SMILES string of the molecule is O=C(N[C@@H]1C[C@H]2CCN(C2)C1)c1ncc(-c2ccc(F)cc2)s1.